The minimum Gasteiger partial charge on any atom is -0.341 e. The number of aromatic nitrogens is 2. The fourth-order valence-electron chi connectivity index (χ4n) is 3.51. The number of benzene rings is 1. The van der Waals surface area contributed by atoms with Gasteiger partial charge in [-0.05, 0) is 25.8 Å². The Hall–Kier alpha value is -2.43. The van der Waals surface area contributed by atoms with E-state index in [0.29, 0.717) is 5.69 Å². The molecule has 2 aromatic rings. The molecule has 0 radical (unpaired) electrons. The molecule has 1 aliphatic carbocycles. The SMILES string of the molecule is CC(C(=O)N(C)C1CCCCC1)n1nc(-c2ccccc2)ccc1=O. The van der Waals surface area contributed by atoms with Crippen LogP contribution >= 0.6 is 0 Å². The molecule has 1 fully saturated rings. The van der Waals surface area contributed by atoms with Crippen LogP contribution in [0.1, 0.15) is 45.1 Å². The monoisotopic (exact) mass is 339 g/mol. The summed E-state index contributed by atoms with van der Waals surface area (Å²) in [4.78, 5) is 27.0. The molecule has 1 aromatic carbocycles. The summed E-state index contributed by atoms with van der Waals surface area (Å²) < 4.78 is 1.31. The molecule has 132 valence electrons. The molecular formula is C20H25N3O2. The molecular weight excluding hydrogens is 314 g/mol. The lowest BCUT2D eigenvalue weighted by Gasteiger charge is -2.33. The van der Waals surface area contributed by atoms with Gasteiger partial charge in [-0.2, -0.15) is 5.10 Å². The predicted octanol–water partition coefficient (Wildman–Crippen LogP) is 3.26. The van der Waals surface area contributed by atoms with E-state index >= 15 is 0 Å². The van der Waals surface area contributed by atoms with Crippen LogP contribution in [0.25, 0.3) is 11.3 Å². The van der Waals surface area contributed by atoms with Crippen LogP contribution in [-0.2, 0) is 4.79 Å². The van der Waals surface area contributed by atoms with Crippen LogP contribution < -0.4 is 5.56 Å². The van der Waals surface area contributed by atoms with E-state index in [4.69, 9.17) is 0 Å². The number of nitrogens with zero attached hydrogens (tertiary/aromatic N) is 3. The van der Waals surface area contributed by atoms with E-state index in [9.17, 15) is 9.59 Å². The Bertz CT molecular complexity index is 779. The van der Waals surface area contributed by atoms with Gasteiger partial charge in [0.15, 0.2) is 0 Å². The Labute approximate surface area is 148 Å². The minimum absolute atomic E-state index is 0.0493. The van der Waals surface area contributed by atoms with E-state index in [0.717, 1.165) is 18.4 Å². The zero-order chi connectivity index (χ0) is 17.8. The summed E-state index contributed by atoms with van der Waals surface area (Å²) in [5.41, 5.74) is 1.37. The summed E-state index contributed by atoms with van der Waals surface area (Å²) in [6, 6.07) is 12.5. The van der Waals surface area contributed by atoms with Gasteiger partial charge in [-0.1, -0.05) is 49.6 Å². The third-order valence-corrected chi connectivity index (χ3v) is 5.09. The topological polar surface area (TPSA) is 55.2 Å². The Morgan fingerprint density at radius 2 is 1.80 bits per heavy atom. The van der Waals surface area contributed by atoms with E-state index < -0.39 is 6.04 Å². The van der Waals surface area contributed by atoms with Crippen LogP contribution in [0.15, 0.2) is 47.3 Å². The number of hydrogen-bond acceptors (Lipinski definition) is 3. The Kier molecular flexibility index (Phi) is 5.31. The smallest absolute Gasteiger partial charge is 0.267 e. The second kappa shape index (κ2) is 7.64. The molecule has 1 aromatic heterocycles. The van der Waals surface area contributed by atoms with Crippen molar-refractivity contribution in [2.24, 2.45) is 0 Å². The maximum Gasteiger partial charge on any atom is 0.267 e. The first-order chi connectivity index (χ1) is 12.1. The van der Waals surface area contributed by atoms with Crippen molar-refractivity contribution in [2.75, 3.05) is 7.05 Å². The van der Waals surface area contributed by atoms with Crippen molar-refractivity contribution in [1.29, 1.82) is 0 Å². The van der Waals surface area contributed by atoms with Crippen LogP contribution in [0.3, 0.4) is 0 Å². The Balaban J connectivity index is 1.84. The fourth-order valence-corrected chi connectivity index (χ4v) is 3.51. The molecule has 0 spiro atoms. The van der Waals surface area contributed by atoms with Crippen molar-refractivity contribution < 1.29 is 4.79 Å². The minimum atomic E-state index is -0.608. The van der Waals surface area contributed by atoms with Gasteiger partial charge in [0, 0.05) is 24.7 Å². The van der Waals surface area contributed by atoms with Gasteiger partial charge in [0.05, 0.1) is 5.69 Å². The highest BCUT2D eigenvalue weighted by Gasteiger charge is 2.27. The summed E-state index contributed by atoms with van der Waals surface area (Å²) in [6.07, 6.45) is 5.66. The van der Waals surface area contributed by atoms with Gasteiger partial charge >= 0.3 is 0 Å². The van der Waals surface area contributed by atoms with Crippen LogP contribution in [-0.4, -0.2) is 33.7 Å². The normalized spacial score (nSPS) is 16.4. The standard InChI is InChI=1S/C20H25N3O2/c1-15(20(25)22(2)17-11-7-4-8-12-17)23-19(24)14-13-18(21-23)16-9-5-3-6-10-16/h3,5-6,9-10,13-15,17H,4,7-8,11-12H2,1-2H3. The average molecular weight is 339 g/mol. The van der Waals surface area contributed by atoms with Crippen molar-refractivity contribution >= 4 is 5.91 Å². The Morgan fingerprint density at radius 1 is 1.12 bits per heavy atom. The molecule has 1 aliphatic rings. The molecule has 0 saturated heterocycles. The van der Waals surface area contributed by atoms with Gasteiger partial charge in [0.1, 0.15) is 6.04 Å². The van der Waals surface area contributed by atoms with Gasteiger partial charge in [-0.3, -0.25) is 9.59 Å². The number of carbonyl (C=O) groups is 1. The fraction of sp³-hybridized carbons (Fsp3) is 0.450. The van der Waals surface area contributed by atoms with Crippen molar-refractivity contribution in [3.63, 3.8) is 0 Å². The van der Waals surface area contributed by atoms with Gasteiger partial charge in [-0.25, -0.2) is 4.68 Å². The first-order valence-electron chi connectivity index (χ1n) is 9.00. The molecule has 1 heterocycles. The Morgan fingerprint density at radius 3 is 2.48 bits per heavy atom. The second-order valence-corrected chi connectivity index (χ2v) is 6.78. The molecule has 1 amide bonds. The van der Waals surface area contributed by atoms with Crippen molar-refractivity contribution in [1.82, 2.24) is 14.7 Å². The summed E-state index contributed by atoms with van der Waals surface area (Å²) in [5.74, 6) is -0.0493. The molecule has 5 nitrogen and oxygen atoms in total. The third-order valence-electron chi connectivity index (χ3n) is 5.09. The molecule has 1 saturated carbocycles. The summed E-state index contributed by atoms with van der Waals surface area (Å²) in [6.45, 7) is 1.75. The third kappa shape index (κ3) is 3.81. The van der Waals surface area contributed by atoms with Crippen molar-refractivity contribution in [3.05, 3.63) is 52.8 Å². The molecule has 0 bridgehead atoms. The molecule has 0 aliphatic heterocycles. The van der Waals surface area contributed by atoms with E-state index in [-0.39, 0.29) is 17.5 Å². The molecule has 1 unspecified atom stereocenters. The number of likely N-dealkylation sites (N-methyl/N-ethyl adjacent to an activating group) is 1. The highest BCUT2D eigenvalue weighted by molar-refractivity contribution is 5.80. The average Bonchev–Trinajstić information content (AvgIpc) is 2.68. The van der Waals surface area contributed by atoms with Gasteiger partial charge in [-0.15, -0.1) is 0 Å². The molecule has 0 N–H and O–H groups in total. The number of carbonyl (C=O) groups excluding carboxylic acids is 1. The summed E-state index contributed by atoms with van der Waals surface area (Å²) >= 11 is 0. The maximum atomic E-state index is 12.9. The van der Waals surface area contributed by atoms with Crippen molar-refractivity contribution in [3.8, 4) is 11.3 Å². The predicted molar refractivity (Wildman–Crippen MR) is 98.3 cm³/mol. The van der Waals surface area contributed by atoms with Gasteiger partial charge in [0.2, 0.25) is 5.91 Å². The van der Waals surface area contributed by atoms with Gasteiger partial charge in [0.25, 0.3) is 5.56 Å². The molecule has 1 atom stereocenters. The second-order valence-electron chi connectivity index (χ2n) is 6.78. The quantitative estimate of drug-likeness (QED) is 0.859. The lowest BCUT2D eigenvalue weighted by molar-refractivity contribution is -0.136. The van der Waals surface area contributed by atoms with E-state index in [2.05, 4.69) is 5.10 Å². The zero-order valence-corrected chi connectivity index (χ0v) is 14.9. The van der Waals surface area contributed by atoms with Crippen LogP contribution in [0.5, 0.6) is 0 Å². The highest BCUT2D eigenvalue weighted by Crippen LogP contribution is 2.23. The van der Waals surface area contributed by atoms with Crippen molar-refractivity contribution in [2.45, 2.75) is 51.1 Å². The molecule has 25 heavy (non-hydrogen) atoms. The number of hydrogen-bond donors (Lipinski definition) is 0. The van der Waals surface area contributed by atoms with E-state index in [1.807, 2.05) is 42.3 Å². The maximum absolute atomic E-state index is 12.9. The first kappa shape index (κ1) is 17.4. The summed E-state index contributed by atoms with van der Waals surface area (Å²) in [7, 11) is 1.85. The molecule has 5 heteroatoms. The zero-order valence-electron chi connectivity index (χ0n) is 14.9. The van der Waals surface area contributed by atoms with Crippen LogP contribution in [0.4, 0.5) is 0 Å². The lowest BCUT2D eigenvalue weighted by Crippen LogP contribution is -2.43. The summed E-state index contributed by atoms with van der Waals surface area (Å²) in [5, 5.41) is 4.45. The van der Waals surface area contributed by atoms with E-state index in [1.165, 1.54) is 30.0 Å². The first-order valence-corrected chi connectivity index (χ1v) is 9.00. The number of amides is 1. The van der Waals surface area contributed by atoms with Crippen LogP contribution in [0.2, 0.25) is 0 Å². The molecule has 3 rings (SSSR count). The van der Waals surface area contributed by atoms with Gasteiger partial charge < -0.3 is 4.90 Å². The largest absolute Gasteiger partial charge is 0.341 e. The van der Waals surface area contributed by atoms with E-state index in [1.54, 1.807) is 13.0 Å². The van der Waals surface area contributed by atoms with Crippen LogP contribution in [0, 0.1) is 0 Å². The highest BCUT2D eigenvalue weighted by atomic mass is 16.2. The number of rotatable bonds is 4. The lowest BCUT2D eigenvalue weighted by atomic mass is 9.94.